The molecule has 170 valence electrons. The van der Waals surface area contributed by atoms with Crippen molar-refractivity contribution in [2.45, 2.75) is 18.3 Å². The van der Waals surface area contributed by atoms with Gasteiger partial charge in [0.15, 0.2) is 0 Å². The van der Waals surface area contributed by atoms with E-state index in [4.69, 9.17) is 22.1 Å². The summed E-state index contributed by atoms with van der Waals surface area (Å²) in [6.07, 6.45) is 3.04. The van der Waals surface area contributed by atoms with Crippen LogP contribution in [-0.4, -0.2) is 67.6 Å². The maximum absolute atomic E-state index is 12.7. The molecule has 1 atom stereocenters. The summed E-state index contributed by atoms with van der Waals surface area (Å²) in [6, 6.07) is 11.0. The second-order valence-electron chi connectivity index (χ2n) is 8.29. The molecule has 3 heterocycles. The van der Waals surface area contributed by atoms with Gasteiger partial charge in [0.05, 0.1) is 36.2 Å². The van der Waals surface area contributed by atoms with Crippen molar-refractivity contribution in [2.75, 3.05) is 56.2 Å². The van der Waals surface area contributed by atoms with Gasteiger partial charge in [0.1, 0.15) is 5.41 Å². The molecule has 2 amide bonds. The molecule has 2 aliphatic heterocycles. The maximum atomic E-state index is 12.7. The van der Waals surface area contributed by atoms with Crippen molar-refractivity contribution in [1.29, 1.82) is 0 Å². The number of primary amides is 1. The fourth-order valence-corrected chi connectivity index (χ4v) is 4.81. The summed E-state index contributed by atoms with van der Waals surface area (Å²) < 4.78 is 5.39. The maximum Gasteiger partial charge on any atom is 0.238 e. The first-order valence-electron chi connectivity index (χ1n) is 10.8. The molecule has 0 saturated carbocycles. The van der Waals surface area contributed by atoms with E-state index in [1.54, 1.807) is 12.3 Å². The average molecular weight is 458 g/mol. The highest BCUT2D eigenvalue weighted by Crippen LogP contribution is 2.33. The molecule has 2 fully saturated rings. The van der Waals surface area contributed by atoms with Crippen LogP contribution < -0.4 is 16.0 Å². The monoisotopic (exact) mass is 457 g/mol. The van der Waals surface area contributed by atoms with E-state index in [-0.39, 0.29) is 12.5 Å². The van der Waals surface area contributed by atoms with Crippen molar-refractivity contribution in [3.8, 4) is 0 Å². The molecule has 0 unspecified atom stereocenters. The van der Waals surface area contributed by atoms with Crippen LogP contribution in [0.15, 0.2) is 42.6 Å². The van der Waals surface area contributed by atoms with Crippen LogP contribution in [0, 0.1) is 0 Å². The highest BCUT2D eigenvalue weighted by atomic mass is 35.5. The summed E-state index contributed by atoms with van der Waals surface area (Å²) in [6.45, 7) is 4.17. The van der Waals surface area contributed by atoms with Crippen molar-refractivity contribution in [2.24, 2.45) is 5.73 Å². The lowest BCUT2D eigenvalue weighted by molar-refractivity contribution is -0.127. The Bertz CT molecular complexity index is 967. The predicted octanol–water partition coefficient (Wildman–Crippen LogP) is 2.03. The van der Waals surface area contributed by atoms with E-state index in [1.807, 2.05) is 35.2 Å². The zero-order chi connectivity index (χ0) is 22.6. The Morgan fingerprint density at radius 2 is 2.00 bits per heavy atom. The topological polar surface area (TPSA) is 101 Å². The van der Waals surface area contributed by atoms with Crippen LogP contribution in [0.2, 0.25) is 5.02 Å². The molecule has 2 aromatic rings. The standard InChI is InChI=1S/C23H28ClN5O3/c24-18-14-17(5-6-19(18)29-10-12-32-13-11-29)27-21(30)15-28-9-3-7-23(16-28,22(25)31)20-4-1-2-8-26-20/h1-2,4-6,8,14H,3,7,9-13,15-16H2,(H2,25,31)(H,27,30)/t23-/m1/s1. The fourth-order valence-electron chi connectivity index (χ4n) is 4.51. The van der Waals surface area contributed by atoms with Gasteiger partial charge in [-0.15, -0.1) is 0 Å². The van der Waals surface area contributed by atoms with Gasteiger partial charge in [0, 0.05) is 31.5 Å². The molecule has 0 spiro atoms. The van der Waals surface area contributed by atoms with Crippen LogP contribution in [0.25, 0.3) is 0 Å². The normalized spacial score (nSPS) is 21.8. The lowest BCUT2D eigenvalue weighted by atomic mass is 9.76. The van der Waals surface area contributed by atoms with Crippen molar-refractivity contribution < 1.29 is 14.3 Å². The number of hydrogen-bond donors (Lipinski definition) is 2. The van der Waals surface area contributed by atoms with Crippen LogP contribution in [0.3, 0.4) is 0 Å². The number of nitrogens with two attached hydrogens (primary N) is 1. The summed E-state index contributed by atoms with van der Waals surface area (Å²) in [5.74, 6) is -0.576. The van der Waals surface area contributed by atoms with Crippen LogP contribution in [0.5, 0.6) is 0 Å². The summed E-state index contributed by atoms with van der Waals surface area (Å²) in [5, 5.41) is 3.50. The molecule has 2 aliphatic rings. The minimum absolute atomic E-state index is 0.157. The molecule has 1 aromatic carbocycles. The zero-order valence-electron chi connectivity index (χ0n) is 17.9. The second-order valence-corrected chi connectivity index (χ2v) is 8.70. The number of nitrogens with zero attached hydrogens (tertiary/aromatic N) is 3. The molecule has 2 saturated heterocycles. The molecule has 32 heavy (non-hydrogen) atoms. The third-order valence-electron chi connectivity index (χ3n) is 6.15. The smallest absolute Gasteiger partial charge is 0.238 e. The number of carbonyl (C=O) groups is 2. The molecule has 0 radical (unpaired) electrons. The quantitative estimate of drug-likeness (QED) is 0.688. The number of nitrogens with one attached hydrogen (secondary N) is 1. The highest BCUT2D eigenvalue weighted by molar-refractivity contribution is 6.33. The van der Waals surface area contributed by atoms with Crippen LogP contribution in [0.4, 0.5) is 11.4 Å². The van der Waals surface area contributed by atoms with E-state index < -0.39 is 11.3 Å². The summed E-state index contributed by atoms with van der Waals surface area (Å²) >= 11 is 6.48. The molecule has 4 rings (SSSR count). The predicted molar refractivity (Wildman–Crippen MR) is 124 cm³/mol. The van der Waals surface area contributed by atoms with Gasteiger partial charge in [-0.3, -0.25) is 19.5 Å². The number of aromatic nitrogens is 1. The molecule has 9 heteroatoms. The number of anilines is 2. The Morgan fingerprint density at radius 3 is 2.69 bits per heavy atom. The number of benzene rings is 1. The number of likely N-dealkylation sites (tertiary alicyclic amines) is 1. The van der Waals surface area contributed by atoms with Gasteiger partial charge in [-0.05, 0) is 49.7 Å². The SMILES string of the molecule is NC(=O)[C@]1(c2ccccn2)CCCN(CC(=O)Nc2ccc(N3CCOCC3)c(Cl)c2)C1. The minimum Gasteiger partial charge on any atom is -0.378 e. The summed E-state index contributed by atoms with van der Waals surface area (Å²) in [7, 11) is 0. The number of amides is 2. The lowest BCUT2D eigenvalue weighted by Gasteiger charge is -2.40. The Balaban J connectivity index is 1.40. The number of carbonyl (C=O) groups excluding carboxylic acids is 2. The van der Waals surface area contributed by atoms with Gasteiger partial charge >= 0.3 is 0 Å². The molecule has 0 aliphatic carbocycles. The van der Waals surface area contributed by atoms with Crippen molar-refractivity contribution in [1.82, 2.24) is 9.88 Å². The second kappa shape index (κ2) is 9.85. The number of piperidine rings is 1. The third kappa shape index (κ3) is 4.87. The van der Waals surface area contributed by atoms with E-state index in [1.165, 1.54) is 0 Å². The van der Waals surface area contributed by atoms with Gasteiger partial charge in [0.25, 0.3) is 0 Å². The van der Waals surface area contributed by atoms with Gasteiger partial charge in [-0.1, -0.05) is 17.7 Å². The Kier molecular flexibility index (Phi) is 6.93. The largest absolute Gasteiger partial charge is 0.378 e. The number of pyridine rings is 1. The van der Waals surface area contributed by atoms with E-state index in [0.717, 1.165) is 25.2 Å². The van der Waals surface area contributed by atoms with E-state index in [9.17, 15) is 9.59 Å². The fraction of sp³-hybridized carbons (Fsp3) is 0.435. The molecule has 0 bridgehead atoms. The highest BCUT2D eigenvalue weighted by Gasteiger charge is 2.43. The van der Waals surface area contributed by atoms with E-state index in [2.05, 4.69) is 15.2 Å². The van der Waals surface area contributed by atoms with Crippen molar-refractivity contribution in [3.05, 3.63) is 53.3 Å². The first-order valence-corrected chi connectivity index (χ1v) is 11.2. The minimum atomic E-state index is -0.886. The van der Waals surface area contributed by atoms with Crippen LogP contribution >= 0.6 is 11.6 Å². The number of halogens is 1. The van der Waals surface area contributed by atoms with Gasteiger partial charge in [0.2, 0.25) is 11.8 Å². The summed E-state index contributed by atoms with van der Waals surface area (Å²) in [4.78, 5) is 33.7. The third-order valence-corrected chi connectivity index (χ3v) is 6.45. The first-order chi connectivity index (χ1) is 15.5. The summed E-state index contributed by atoms with van der Waals surface area (Å²) in [5.41, 5.74) is 7.15. The Labute approximate surface area is 192 Å². The molecule has 8 nitrogen and oxygen atoms in total. The van der Waals surface area contributed by atoms with Crippen molar-refractivity contribution in [3.63, 3.8) is 0 Å². The van der Waals surface area contributed by atoms with Gasteiger partial charge in [-0.25, -0.2) is 0 Å². The number of morpholine rings is 1. The average Bonchev–Trinajstić information content (AvgIpc) is 2.80. The Hall–Kier alpha value is -2.68. The molecule has 3 N–H and O–H groups in total. The Morgan fingerprint density at radius 1 is 1.19 bits per heavy atom. The molecule has 1 aromatic heterocycles. The van der Waals surface area contributed by atoms with Crippen LogP contribution in [0.1, 0.15) is 18.5 Å². The number of hydrogen-bond acceptors (Lipinski definition) is 6. The molecular formula is C23H28ClN5O3. The van der Waals surface area contributed by atoms with E-state index >= 15 is 0 Å². The molecular weight excluding hydrogens is 430 g/mol. The number of rotatable bonds is 6. The van der Waals surface area contributed by atoms with Crippen LogP contribution in [-0.2, 0) is 19.7 Å². The lowest BCUT2D eigenvalue weighted by Crippen LogP contribution is -2.55. The zero-order valence-corrected chi connectivity index (χ0v) is 18.7. The van der Waals surface area contributed by atoms with Crippen molar-refractivity contribution >= 4 is 34.8 Å². The van der Waals surface area contributed by atoms with E-state index in [0.29, 0.717) is 49.1 Å². The first kappa shape index (κ1) is 22.5. The number of ether oxygens (including phenoxy) is 1. The van der Waals surface area contributed by atoms with Gasteiger partial charge in [-0.2, -0.15) is 0 Å². The van der Waals surface area contributed by atoms with Gasteiger partial charge < -0.3 is 20.7 Å².